The first-order chi connectivity index (χ1) is 13.1. The minimum absolute atomic E-state index is 0. The fourth-order valence-electron chi connectivity index (χ4n) is 2.43. The zero-order chi connectivity index (χ0) is 19.5. The third-order valence-electron chi connectivity index (χ3n) is 4.06. The molecule has 0 amide bonds. The summed E-state index contributed by atoms with van der Waals surface area (Å²) in [7, 11) is 3.79. The van der Waals surface area contributed by atoms with E-state index >= 15 is 0 Å². The van der Waals surface area contributed by atoms with E-state index < -0.39 is 0 Å². The van der Waals surface area contributed by atoms with Gasteiger partial charge in [-0.15, -0.1) is 24.0 Å². The standard InChI is InChI=1S/C20H31N5O2.HI/c1-5-21-20(22-10-11-25(3)12-13-26-4)23-14-18-15-27-19(24-18)17-8-6-16(2)7-9-17;/h6-9,15H,5,10-14H2,1-4H3,(H2,21,22,23);1H. The number of rotatable bonds is 10. The monoisotopic (exact) mass is 501 g/mol. The molecule has 0 spiro atoms. The van der Waals surface area contributed by atoms with Crippen LogP contribution in [0.25, 0.3) is 11.5 Å². The summed E-state index contributed by atoms with van der Waals surface area (Å²) in [5.74, 6) is 1.40. The first-order valence-corrected chi connectivity index (χ1v) is 9.33. The smallest absolute Gasteiger partial charge is 0.226 e. The maximum absolute atomic E-state index is 5.59. The number of hydrogen-bond acceptors (Lipinski definition) is 5. The third kappa shape index (κ3) is 8.57. The Morgan fingerprint density at radius 3 is 2.64 bits per heavy atom. The molecule has 7 nitrogen and oxygen atoms in total. The Balaban J connectivity index is 0.00000392. The molecular formula is C20H32IN5O2. The van der Waals surface area contributed by atoms with E-state index in [1.807, 2.05) is 31.2 Å². The number of likely N-dealkylation sites (N-methyl/N-ethyl adjacent to an activating group) is 1. The number of nitrogens with zero attached hydrogens (tertiary/aromatic N) is 3. The lowest BCUT2D eigenvalue weighted by molar-refractivity contribution is 0.162. The molecule has 0 saturated carbocycles. The van der Waals surface area contributed by atoms with Crippen molar-refractivity contribution < 1.29 is 9.15 Å². The number of hydrogen-bond donors (Lipinski definition) is 2. The van der Waals surface area contributed by atoms with Crippen molar-refractivity contribution >= 4 is 29.9 Å². The Labute approximate surface area is 185 Å². The molecule has 2 N–H and O–H groups in total. The van der Waals surface area contributed by atoms with Crippen LogP contribution in [0.1, 0.15) is 18.2 Å². The fraction of sp³-hybridized carbons (Fsp3) is 0.500. The molecule has 0 saturated heterocycles. The van der Waals surface area contributed by atoms with E-state index in [9.17, 15) is 0 Å². The van der Waals surface area contributed by atoms with Crippen LogP contribution in [0.15, 0.2) is 39.9 Å². The number of methoxy groups -OCH3 is 1. The van der Waals surface area contributed by atoms with Crippen LogP contribution in [0.2, 0.25) is 0 Å². The Hall–Kier alpha value is -1.65. The number of guanidine groups is 1. The second-order valence-electron chi connectivity index (χ2n) is 6.43. The molecule has 0 aliphatic carbocycles. The Bertz CT molecular complexity index is 703. The van der Waals surface area contributed by atoms with E-state index in [0.29, 0.717) is 12.4 Å². The fourth-order valence-corrected chi connectivity index (χ4v) is 2.43. The minimum atomic E-state index is 0. The molecule has 1 heterocycles. The highest BCUT2D eigenvalue weighted by Gasteiger charge is 2.07. The molecule has 156 valence electrons. The van der Waals surface area contributed by atoms with Gasteiger partial charge in [-0.2, -0.15) is 0 Å². The summed E-state index contributed by atoms with van der Waals surface area (Å²) in [4.78, 5) is 11.3. The predicted molar refractivity (Wildman–Crippen MR) is 124 cm³/mol. The Kier molecular flexibility index (Phi) is 11.8. The second kappa shape index (κ2) is 13.5. The first kappa shape index (κ1) is 24.4. The van der Waals surface area contributed by atoms with Crippen LogP contribution in [0.5, 0.6) is 0 Å². The number of halogens is 1. The van der Waals surface area contributed by atoms with Gasteiger partial charge in [0.1, 0.15) is 12.0 Å². The van der Waals surface area contributed by atoms with Crippen LogP contribution in [0.4, 0.5) is 0 Å². The zero-order valence-electron chi connectivity index (χ0n) is 17.2. The first-order valence-electron chi connectivity index (χ1n) is 9.33. The van der Waals surface area contributed by atoms with Gasteiger partial charge in [-0.1, -0.05) is 17.7 Å². The summed E-state index contributed by atoms with van der Waals surface area (Å²) in [6, 6.07) is 8.13. The SMILES string of the molecule is CCNC(=NCc1coc(-c2ccc(C)cc2)n1)NCCN(C)CCOC.I. The molecule has 1 aromatic carbocycles. The molecule has 0 aliphatic heterocycles. The van der Waals surface area contributed by atoms with E-state index in [1.54, 1.807) is 13.4 Å². The Morgan fingerprint density at radius 1 is 1.21 bits per heavy atom. The molecule has 0 unspecified atom stereocenters. The van der Waals surface area contributed by atoms with E-state index in [4.69, 9.17) is 9.15 Å². The van der Waals surface area contributed by atoms with Crippen molar-refractivity contribution in [3.05, 3.63) is 41.8 Å². The molecule has 28 heavy (non-hydrogen) atoms. The van der Waals surface area contributed by atoms with Gasteiger partial charge < -0.3 is 24.7 Å². The summed E-state index contributed by atoms with van der Waals surface area (Å²) in [5.41, 5.74) is 2.99. The van der Waals surface area contributed by atoms with Crippen LogP contribution < -0.4 is 10.6 Å². The molecule has 2 aromatic rings. The summed E-state index contributed by atoms with van der Waals surface area (Å²) >= 11 is 0. The number of aliphatic imine (C=N–C) groups is 1. The average Bonchev–Trinajstić information content (AvgIpc) is 3.14. The lowest BCUT2D eigenvalue weighted by atomic mass is 10.1. The highest BCUT2D eigenvalue weighted by Crippen LogP contribution is 2.19. The van der Waals surface area contributed by atoms with E-state index in [1.165, 1.54) is 5.56 Å². The second-order valence-corrected chi connectivity index (χ2v) is 6.43. The Morgan fingerprint density at radius 2 is 1.96 bits per heavy atom. The largest absolute Gasteiger partial charge is 0.444 e. The van der Waals surface area contributed by atoms with Gasteiger partial charge in [0.25, 0.3) is 0 Å². The highest BCUT2D eigenvalue weighted by atomic mass is 127. The molecule has 0 bridgehead atoms. The number of aryl methyl sites for hydroxylation is 1. The van der Waals surface area contributed by atoms with Crippen LogP contribution >= 0.6 is 24.0 Å². The molecule has 0 radical (unpaired) electrons. The molecule has 2 rings (SSSR count). The quantitative estimate of drug-likeness (QED) is 0.296. The summed E-state index contributed by atoms with van der Waals surface area (Å²) in [5, 5.41) is 6.59. The normalized spacial score (nSPS) is 11.4. The van der Waals surface area contributed by atoms with Crippen molar-refractivity contribution in [3.63, 3.8) is 0 Å². The predicted octanol–water partition coefficient (Wildman–Crippen LogP) is 2.90. The van der Waals surface area contributed by atoms with Gasteiger partial charge in [0.15, 0.2) is 5.96 Å². The van der Waals surface area contributed by atoms with E-state index in [0.717, 1.165) is 50.0 Å². The number of aromatic nitrogens is 1. The zero-order valence-corrected chi connectivity index (χ0v) is 19.5. The number of ether oxygens (including phenoxy) is 1. The highest BCUT2D eigenvalue weighted by molar-refractivity contribution is 14.0. The molecule has 0 aliphatic rings. The van der Waals surface area contributed by atoms with E-state index in [-0.39, 0.29) is 24.0 Å². The van der Waals surface area contributed by atoms with Gasteiger partial charge in [0.05, 0.1) is 13.2 Å². The van der Waals surface area contributed by atoms with Gasteiger partial charge in [-0.05, 0) is 33.0 Å². The summed E-state index contributed by atoms with van der Waals surface area (Å²) in [6.45, 7) is 8.74. The van der Waals surface area contributed by atoms with Crippen molar-refractivity contribution in [2.24, 2.45) is 4.99 Å². The summed E-state index contributed by atoms with van der Waals surface area (Å²) in [6.07, 6.45) is 1.67. The van der Waals surface area contributed by atoms with Crippen LogP contribution in [-0.2, 0) is 11.3 Å². The molecular weight excluding hydrogens is 469 g/mol. The average molecular weight is 501 g/mol. The maximum Gasteiger partial charge on any atom is 0.226 e. The van der Waals surface area contributed by atoms with Crippen LogP contribution in [0.3, 0.4) is 0 Å². The van der Waals surface area contributed by atoms with Crippen molar-refractivity contribution in [2.75, 3.05) is 46.9 Å². The topological polar surface area (TPSA) is 74.9 Å². The number of nitrogens with one attached hydrogen (secondary N) is 2. The molecule has 1 aromatic heterocycles. The molecule has 8 heteroatoms. The van der Waals surface area contributed by atoms with Crippen molar-refractivity contribution in [1.29, 1.82) is 0 Å². The van der Waals surface area contributed by atoms with E-state index in [2.05, 4.69) is 39.5 Å². The van der Waals surface area contributed by atoms with Gasteiger partial charge in [-0.25, -0.2) is 9.98 Å². The van der Waals surface area contributed by atoms with Crippen LogP contribution in [0, 0.1) is 6.92 Å². The van der Waals surface area contributed by atoms with Gasteiger partial charge >= 0.3 is 0 Å². The van der Waals surface area contributed by atoms with Crippen molar-refractivity contribution in [3.8, 4) is 11.5 Å². The number of oxazole rings is 1. The van der Waals surface area contributed by atoms with Crippen LogP contribution in [-0.4, -0.2) is 62.8 Å². The molecule has 0 fully saturated rings. The lowest BCUT2D eigenvalue weighted by Crippen LogP contribution is -2.41. The molecule has 0 atom stereocenters. The van der Waals surface area contributed by atoms with Gasteiger partial charge in [0, 0.05) is 38.9 Å². The van der Waals surface area contributed by atoms with Crippen molar-refractivity contribution in [2.45, 2.75) is 20.4 Å². The third-order valence-corrected chi connectivity index (χ3v) is 4.06. The number of benzene rings is 1. The van der Waals surface area contributed by atoms with Gasteiger partial charge in [0.2, 0.25) is 5.89 Å². The lowest BCUT2D eigenvalue weighted by Gasteiger charge is -2.17. The van der Waals surface area contributed by atoms with Crippen molar-refractivity contribution in [1.82, 2.24) is 20.5 Å². The van der Waals surface area contributed by atoms with Gasteiger partial charge in [-0.3, -0.25) is 0 Å². The minimum Gasteiger partial charge on any atom is -0.444 e. The maximum atomic E-state index is 5.59. The summed E-state index contributed by atoms with van der Waals surface area (Å²) < 4.78 is 10.7.